The molecule has 0 spiro atoms. The Kier molecular flexibility index (Phi) is 3.17. The highest BCUT2D eigenvalue weighted by Gasteiger charge is 2.24. The van der Waals surface area contributed by atoms with Gasteiger partial charge in [-0.25, -0.2) is 4.39 Å². The van der Waals surface area contributed by atoms with Gasteiger partial charge in [0.15, 0.2) is 11.6 Å². The van der Waals surface area contributed by atoms with Gasteiger partial charge in [0, 0.05) is 13.1 Å². The lowest BCUT2D eigenvalue weighted by Crippen LogP contribution is -2.28. The summed E-state index contributed by atoms with van der Waals surface area (Å²) in [5, 5.41) is 0. The van der Waals surface area contributed by atoms with Gasteiger partial charge in [-0.3, -0.25) is 4.79 Å². The van der Waals surface area contributed by atoms with Gasteiger partial charge in [0.05, 0.1) is 18.4 Å². The van der Waals surface area contributed by atoms with Crippen LogP contribution in [0, 0.1) is 5.82 Å². The van der Waals surface area contributed by atoms with Gasteiger partial charge in [-0.05, 0) is 25.0 Å². The van der Waals surface area contributed by atoms with Crippen LogP contribution in [0.1, 0.15) is 23.2 Å². The number of amides is 1. The zero-order valence-corrected chi connectivity index (χ0v) is 9.70. The molecule has 0 radical (unpaired) electrons. The maximum atomic E-state index is 14.0. The molecule has 1 aromatic rings. The molecule has 1 fully saturated rings. The van der Waals surface area contributed by atoms with E-state index in [-0.39, 0.29) is 22.9 Å². The number of carbonyl (C=O) groups is 1. The molecule has 2 N–H and O–H groups in total. The third kappa shape index (κ3) is 2.05. The van der Waals surface area contributed by atoms with Crippen LogP contribution in [0.2, 0.25) is 0 Å². The molecule has 1 saturated heterocycles. The highest BCUT2D eigenvalue weighted by molar-refractivity contribution is 5.95. The molecule has 1 aliphatic heterocycles. The van der Waals surface area contributed by atoms with Crippen LogP contribution < -0.4 is 10.5 Å². The highest BCUT2D eigenvalue weighted by atomic mass is 19.1. The fourth-order valence-electron chi connectivity index (χ4n) is 2.03. The Hall–Kier alpha value is -1.78. The summed E-state index contributed by atoms with van der Waals surface area (Å²) in [6.45, 7) is 1.37. The Bertz CT molecular complexity index is 442. The number of nitrogens with zero attached hydrogens (tertiary/aromatic N) is 1. The van der Waals surface area contributed by atoms with E-state index in [1.165, 1.54) is 19.2 Å². The largest absolute Gasteiger partial charge is 0.492 e. The normalized spacial score (nSPS) is 15.1. The van der Waals surface area contributed by atoms with Gasteiger partial charge < -0.3 is 15.4 Å². The fourth-order valence-corrected chi connectivity index (χ4v) is 2.03. The number of ether oxygens (including phenoxy) is 1. The second-order valence-electron chi connectivity index (χ2n) is 4.05. The molecule has 1 heterocycles. The molecule has 0 aromatic heterocycles. The van der Waals surface area contributed by atoms with Crippen molar-refractivity contribution in [2.45, 2.75) is 12.8 Å². The lowest BCUT2D eigenvalue weighted by atomic mass is 10.1. The van der Waals surface area contributed by atoms with Gasteiger partial charge in [0.1, 0.15) is 0 Å². The van der Waals surface area contributed by atoms with E-state index in [1.54, 1.807) is 4.90 Å². The summed E-state index contributed by atoms with van der Waals surface area (Å²) in [6, 6.07) is 2.90. The van der Waals surface area contributed by atoms with Crippen molar-refractivity contribution in [3.8, 4) is 5.75 Å². The minimum Gasteiger partial charge on any atom is -0.492 e. The molecular weight excluding hydrogens is 223 g/mol. The van der Waals surface area contributed by atoms with Crippen LogP contribution in [-0.4, -0.2) is 31.0 Å². The van der Waals surface area contributed by atoms with E-state index in [0.29, 0.717) is 13.1 Å². The molecule has 5 heteroatoms. The predicted molar refractivity (Wildman–Crippen MR) is 62.5 cm³/mol. The molecule has 4 nitrogen and oxygen atoms in total. The first kappa shape index (κ1) is 11.7. The number of anilines is 1. The van der Waals surface area contributed by atoms with E-state index in [2.05, 4.69) is 0 Å². The first-order valence-electron chi connectivity index (χ1n) is 5.56. The van der Waals surface area contributed by atoms with E-state index in [9.17, 15) is 9.18 Å². The molecule has 17 heavy (non-hydrogen) atoms. The minimum atomic E-state index is -0.676. The van der Waals surface area contributed by atoms with Crippen LogP contribution >= 0.6 is 0 Å². The number of hydrogen-bond acceptors (Lipinski definition) is 3. The van der Waals surface area contributed by atoms with Crippen LogP contribution in [0.3, 0.4) is 0 Å². The van der Waals surface area contributed by atoms with Gasteiger partial charge in [0.2, 0.25) is 0 Å². The second-order valence-corrected chi connectivity index (χ2v) is 4.05. The Morgan fingerprint density at radius 3 is 2.65 bits per heavy atom. The van der Waals surface area contributed by atoms with E-state index in [0.717, 1.165) is 12.8 Å². The molecule has 1 aromatic carbocycles. The monoisotopic (exact) mass is 238 g/mol. The SMILES string of the molecule is COc1c(N)ccc(C(=O)N2CCCC2)c1F. The number of nitrogens with two attached hydrogens (primary N) is 1. The topological polar surface area (TPSA) is 55.6 Å². The lowest BCUT2D eigenvalue weighted by Gasteiger charge is -2.17. The maximum absolute atomic E-state index is 14.0. The van der Waals surface area contributed by atoms with Gasteiger partial charge >= 0.3 is 0 Å². The first-order chi connectivity index (χ1) is 8.15. The molecule has 2 rings (SSSR count). The van der Waals surface area contributed by atoms with E-state index < -0.39 is 5.82 Å². The number of hydrogen-bond donors (Lipinski definition) is 1. The summed E-state index contributed by atoms with van der Waals surface area (Å²) >= 11 is 0. The Morgan fingerprint density at radius 1 is 1.41 bits per heavy atom. The summed E-state index contributed by atoms with van der Waals surface area (Å²) in [6.07, 6.45) is 1.94. The molecule has 0 bridgehead atoms. The van der Waals surface area contributed by atoms with E-state index in [1.807, 2.05) is 0 Å². The van der Waals surface area contributed by atoms with Crippen molar-refractivity contribution in [3.05, 3.63) is 23.5 Å². The van der Waals surface area contributed by atoms with Gasteiger partial charge in [-0.1, -0.05) is 0 Å². The van der Waals surface area contributed by atoms with Crippen molar-refractivity contribution < 1.29 is 13.9 Å². The zero-order chi connectivity index (χ0) is 12.4. The molecule has 0 atom stereocenters. The van der Waals surface area contributed by atoms with Crippen LogP contribution in [0.4, 0.5) is 10.1 Å². The summed E-state index contributed by atoms with van der Waals surface area (Å²) in [5.41, 5.74) is 5.79. The number of methoxy groups -OCH3 is 1. The van der Waals surface area contributed by atoms with E-state index >= 15 is 0 Å². The van der Waals surface area contributed by atoms with Crippen LogP contribution in [0.5, 0.6) is 5.75 Å². The molecule has 1 amide bonds. The summed E-state index contributed by atoms with van der Waals surface area (Å²) in [5.74, 6) is -1.03. The molecule has 92 valence electrons. The van der Waals surface area contributed by atoms with Crippen LogP contribution in [-0.2, 0) is 0 Å². The second kappa shape index (κ2) is 4.61. The van der Waals surface area contributed by atoms with Crippen molar-refractivity contribution in [3.63, 3.8) is 0 Å². The molecule has 0 saturated carbocycles. The molecule has 0 aliphatic carbocycles. The minimum absolute atomic E-state index is 0.0259. The van der Waals surface area contributed by atoms with E-state index in [4.69, 9.17) is 10.5 Å². The maximum Gasteiger partial charge on any atom is 0.256 e. The Labute approximate surface area is 99.2 Å². The number of carbonyl (C=O) groups excluding carboxylic acids is 1. The van der Waals surface area contributed by atoms with Gasteiger partial charge in [-0.2, -0.15) is 0 Å². The zero-order valence-electron chi connectivity index (χ0n) is 9.70. The predicted octanol–water partition coefficient (Wildman–Crippen LogP) is 1.65. The van der Waals surface area contributed by atoms with Crippen molar-refractivity contribution in [2.24, 2.45) is 0 Å². The summed E-state index contributed by atoms with van der Waals surface area (Å²) in [7, 11) is 1.33. The third-order valence-corrected chi connectivity index (χ3v) is 2.96. The Balaban J connectivity index is 2.35. The van der Waals surface area contributed by atoms with Crippen molar-refractivity contribution in [1.82, 2.24) is 4.90 Å². The van der Waals surface area contributed by atoms with Gasteiger partial charge in [-0.15, -0.1) is 0 Å². The Morgan fingerprint density at radius 2 is 2.06 bits per heavy atom. The quantitative estimate of drug-likeness (QED) is 0.797. The average molecular weight is 238 g/mol. The number of likely N-dealkylation sites (tertiary alicyclic amines) is 1. The van der Waals surface area contributed by atoms with Crippen molar-refractivity contribution in [2.75, 3.05) is 25.9 Å². The standard InChI is InChI=1S/C12H15FN2O2/c1-17-11-9(14)5-4-8(10(11)13)12(16)15-6-2-3-7-15/h4-5H,2-3,6-7,14H2,1H3. The first-order valence-corrected chi connectivity index (χ1v) is 5.56. The smallest absolute Gasteiger partial charge is 0.256 e. The fraction of sp³-hybridized carbons (Fsp3) is 0.417. The number of rotatable bonds is 2. The van der Waals surface area contributed by atoms with Crippen LogP contribution in [0.15, 0.2) is 12.1 Å². The number of halogens is 1. The summed E-state index contributed by atoms with van der Waals surface area (Å²) in [4.78, 5) is 13.7. The number of benzene rings is 1. The van der Waals surface area contributed by atoms with Crippen molar-refractivity contribution >= 4 is 11.6 Å². The van der Waals surface area contributed by atoms with Crippen molar-refractivity contribution in [1.29, 1.82) is 0 Å². The lowest BCUT2D eigenvalue weighted by molar-refractivity contribution is 0.0787. The molecule has 1 aliphatic rings. The van der Waals surface area contributed by atoms with Crippen LogP contribution in [0.25, 0.3) is 0 Å². The summed E-state index contributed by atoms with van der Waals surface area (Å²) < 4.78 is 18.8. The molecule has 0 unspecified atom stereocenters. The van der Waals surface area contributed by atoms with Gasteiger partial charge in [0.25, 0.3) is 5.91 Å². The molecular formula is C12H15FN2O2. The average Bonchev–Trinajstić information content (AvgIpc) is 2.82. The number of nitrogen functional groups attached to an aromatic ring is 1. The third-order valence-electron chi connectivity index (χ3n) is 2.96. The highest BCUT2D eigenvalue weighted by Crippen LogP contribution is 2.28.